The number of thiophene rings is 1. The van der Waals surface area contributed by atoms with E-state index in [1.807, 2.05) is 30.5 Å². The molecule has 0 saturated carbocycles. The maximum absolute atomic E-state index is 11.3. The zero-order valence-corrected chi connectivity index (χ0v) is 16.0. The summed E-state index contributed by atoms with van der Waals surface area (Å²) in [4.78, 5) is 11.3. The van der Waals surface area contributed by atoms with Gasteiger partial charge in [-0.05, 0) is 60.0 Å². The lowest BCUT2D eigenvalue weighted by atomic mass is 9.98. The molecular weight excluding hydrogens is 379 g/mol. The standard InChI is InChI=1S/C19H16Cl2O3S/c1-10-5-14(24-8-12-3-4-13(20)6-16(12)21)7-17-18(10)15(9-25-17)11(2)19(22)23/h3-7,9,11H,8H2,1-2H3,(H,22,23). The molecule has 0 saturated heterocycles. The molecule has 130 valence electrons. The van der Waals surface area contributed by atoms with E-state index in [2.05, 4.69) is 0 Å². The average Bonchev–Trinajstić information content (AvgIpc) is 2.97. The molecule has 6 heteroatoms. The molecule has 0 radical (unpaired) electrons. The van der Waals surface area contributed by atoms with Crippen molar-refractivity contribution in [3.05, 3.63) is 62.4 Å². The van der Waals surface area contributed by atoms with Crippen LogP contribution in [0.25, 0.3) is 10.1 Å². The second-order valence-electron chi connectivity index (χ2n) is 5.89. The van der Waals surface area contributed by atoms with Gasteiger partial charge >= 0.3 is 5.97 Å². The van der Waals surface area contributed by atoms with Crippen LogP contribution in [0.15, 0.2) is 35.7 Å². The van der Waals surface area contributed by atoms with Crippen molar-refractivity contribution >= 4 is 50.6 Å². The summed E-state index contributed by atoms with van der Waals surface area (Å²) in [5.41, 5.74) is 2.70. The van der Waals surface area contributed by atoms with Crippen molar-refractivity contribution in [1.29, 1.82) is 0 Å². The monoisotopic (exact) mass is 394 g/mol. The summed E-state index contributed by atoms with van der Waals surface area (Å²) >= 11 is 13.6. The van der Waals surface area contributed by atoms with Crippen molar-refractivity contribution in [1.82, 2.24) is 0 Å². The van der Waals surface area contributed by atoms with Crippen LogP contribution >= 0.6 is 34.5 Å². The summed E-state index contributed by atoms with van der Waals surface area (Å²) < 4.78 is 6.90. The number of carboxylic acid groups (broad SMARTS) is 1. The van der Waals surface area contributed by atoms with Gasteiger partial charge < -0.3 is 9.84 Å². The van der Waals surface area contributed by atoms with Gasteiger partial charge in [-0.1, -0.05) is 29.3 Å². The van der Waals surface area contributed by atoms with E-state index in [-0.39, 0.29) is 0 Å². The number of aliphatic carboxylic acids is 1. The van der Waals surface area contributed by atoms with Gasteiger partial charge in [-0.2, -0.15) is 0 Å². The molecule has 2 aromatic carbocycles. The maximum atomic E-state index is 11.3. The number of benzene rings is 2. The fraction of sp³-hybridized carbons (Fsp3) is 0.211. The van der Waals surface area contributed by atoms with Crippen LogP contribution in [0.4, 0.5) is 0 Å². The number of aryl methyl sites for hydroxylation is 1. The van der Waals surface area contributed by atoms with Crippen molar-refractivity contribution in [3.63, 3.8) is 0 Å². The van der Waals surface area contributed by atoms with Crippen LogP contribution in [0.3, 0.4) is 0 Å². The Morgan fingerprint density at radius 3 is 2.72 bits per heavy atom. The van der Waals surface area contributed by atoms with Gasteiger partial charge in [0, 0.05) is 20.3 Å². The molecule has 1 N–H and O–H groups in total. The summed E-state index contributed by atoms with van der Waals surface area (Å²) in [6.45, 7) is 4.01. The highest BCUT2D eigenvalue weighted by atomic mass is 35.5. The van der Waals surface area contributed by atoms with Crippen LogP contribution in [0.1, 0.15) is 29.5 Å². The molecule has 1 atom stereocenters. The van der Waals surface area contributed by atoms with Gasteiger partial charge in [0.15, 0.2) is 0 Å². The first-order chi connectivity index (χ1) is 11.9. The molecule has 3 aromatic rings. The van der Waals surface area contributed by atoms with Gasteiger partial charge in [0.1, 0.15) is 12.4 Å². The highest BCUT2D eigenvalue weighted by Gasteiger charge is 2.19. The lowest BCUT2D eigenvalue weighted by molar-refractivity contribution is -0.138. The van der Waals surface area contributed by atoms with Gasteiger partial charge in [0.05, 0.1) is 5.92 Å². The predicted octanol–water partition coefficient (Wildman–Crippen LogP) is 6.28. The summed E-state index contributed by atoms with van der Waals surface area (Å²) in [6, 6.07) is 9.17. The zero-order chi connectivity index (χ0) is 18.1. The summed E-state index contributed by atoms with van der Waals surface area (Å²) in [6.07, 6.45) is 0. The van der Waals surface area contributed by atoms with E-state index in [0.29, 0.717) is 16.7 Å². The molecule has 0 aliphatic carbocycles. The highest BCUT2D eigenvalue weighted by Crippen LogP contribution is 2.36. The Morgan fingerprint density at radius 1 is 1.28 bits per heavy atom. The van der Waals surface area contributed by atoms with Gasteiger partial charge in [-0.25, -0.2) is 0 Å². The Balaban J connectivity index is 1.87. The van der Waals surface area contributed by atoms with Crippen molar-refractivity contribution in [3.8, 4) is 5.75 Å². The molecule has 1 heterocycles. The Morgan fingerprint density at radius 2 is 2.04 bits per heavy atom. The normalized spacial score (nSPS) is 12.3. The molecule has 0 bridgehead atoms. The van der Waals surface area contributed by atoms with Crippen molar-refractivity contribution in [2.24, 2.45) is 0 Å². The Bertz CT molecular complexity index is 949. The predicted molar refractivity (Wildman–Crippen MR) is 103 cm³/mol. The minimum Gasteiger partial charge on any atom is -0.489 e. The van der Waals surface area contributed by atoms with Crippen LogP contribution < -0.4 is 4.74 Å². The minimum absolute atomic E-state index is 0.338. The molecule has 25 heavy (non-hydrogen) atoms. The third kappa shape index (κ3) is 3.76. The van der Waals surface area contributed by atoms with E-state index in [1.54, 1.807) is 19.1 Å². The van der Waals surface area contributed by atoms with E-state index in [9.17, 15) is 9.90 Å². The molecule has 1 aromatic heterocycles. The average molecular weight is 395 g/mol. The Labute approximate surface area is 159 Å². The topological polar surface area (TPSA) is 46.5 Å². The highest BCUT2D eigenvalue weighted by molar-refractivity contribution is 7.17. The van der Waals surface area contributed by atoms with Gasteiger partial charge in [0.2, 0.25) is 0 Å². The van der Waals surface area contributed by atoms with Crippen molar-refractivity contribution in [2.45, 2.75) is 26.4 Å². The molecule has 1 unspecified atom stereocenters. The molecule has 3 rings (SSSR count). The number of hydrogen-bond donors (Lipinski definition) is 1. The van der Waals surface area contributed by atoms with Crippen molar-refractivity contribution < 1.29 is 14.6 Å². The van der Waals surface area contributed by atoms with E-state index >= 15 is 0 Å². The number of ether oxygens (including phenoxy) is 1. The molecule has 0 fully saturated rings. The summed E-state index contributed by atoms with van der Waals surface area (Å²) in [5.74, 6) is -0.628. The SMILES string of the molecule is Cc1cc(OCc2ccc(Cl)cc2Cl)cc2scc(C(C)C(=O)O)c12. The fourth-order valence-corrected chi connectivity index (χ4v) is 4.33. The number of rotatable bonds is 5. The number of hydrogen-bond acceptors (Lipinski definition) is 3. The number of carboxylic acids is 1. The Hall–Kier alpha value is -1.75. The molecule has 0 aliphatic rings. The first-order valence-electron chi connectivity index (χ1n) is 7.68. The first kappa shape index (κ1) is 18.1. The third-order valence-corrected chi connectivity index (χ3v) is 5.66. The van der Waals surface area contributed by atoms with Crippen LogP contribution in [0, 0.1) is 6.92 Å². The number of carbonyl (C=O) groups is 1. The zero-order valence-electron chi connectivity index (χ0n) is 13.7. The second kappa shape index (κ2) is 7.24. The summed E-state index contributed by atoms with van der Waals surface area (Å²) in [5, 5.41) is 13.3. The van der Waals surface area contributed by atoms with Crippen LogP contribution in [0.2, 0.25) is 10.0 Å². The smallest absolute Gasteiger partial charge is 0.310 e. The van der Waals surface area contributed by atoms with Crippen molar-refractivity contribution in [2.75, 3.05) is 0 Å². The fourth-order valence-electron chi connectivity index (χ4n) is 2.71. The van der Waals surface area contributed by atoms with E-state index in [1.165, 1.54) is 11.3 Å². The van der Waals surface area contributed by atoms with Crippen LogP contribution in [-0.2, 0) is 11.4 Å². The first-order valence-corrected chi connectivity index (χ1v) is 9.31. The molecule has 3 nitrogen and oxygen atoms in total. The van der Waals surface area contributed by atoms with E-state index in [0.717, 1.165) is 32.5 Å². The quantitative estimate of drug-likeness (QED) is 0.553. The number of fused-ring (bicyclic) bond motifs is 1. The lowest BCUT2D eigenvalue weighted by Gasteiger charge is -2.11. The largest absolute Gasteiger partial charge is 0.489 e. The molecule has 0 amide bonds. The minimum atomic E-state index is -0.822. The van der Waals surface area contributed by atoms with Crippen LogP contribution in [0.5, 0.6) is 5.75 Å². The van der Waals surface area contributed by atoms with Gasteiger partial charge in [0.25, 0.3) is 0 Å². The van der Waals surface area contributed by atoms with E-state index < -0.39 is 11.9 Å². The summed E-state index contributed by atoms with van der Waals surface area (Å²) in [7, 11) is 0. The van der Waals surface area contributed by atoms with Gasteiger partial charge in [-0.3, -0.25) is 4.79 Å². The van der Waals surface area contributed by atoms with Crippen LogP contribution in [-0.4, -0.2) is 11.1 Å². The third-order valence-electron chi connectivity index (χ3n) is 4.12. The van der Waals surface area contributed by atoms with E-state index in [4.69, 9.17) is 27.9 Å². The number of halogens is 2. The molecule has 0 aliphatic heterocycles. The maximum Gasteiger partial charge on any atom is 0.310 e. The Kier molecular flexibility index (Phi) is 5.23. The lowest BCUT2D eigenvalue weighted by Crippen LogP contribution is -2.06. The second-order valence-corrected chi connectivity index (χ2v) is 7.64. The molecular formula is C19H16Cl2O3S. The van der Waals surface area contributed by atoms with Gasteiger partial charge in [-0.15, -0.1) is 11.3 Å². The molecule has 0 spiro atoms.